The third-order valence-corrected chi connectivity index (χ3v) is 5.66. The third kappa shape index (κ3) is 4.46. The Hall–Kier alpha value is -2.44. The molecule has 2 aromatic carbocycles. The summed E-state index contributed by atoms with van der Waals surface area (Å²) in [5, 5.41) is 4.31. The molecule has 0 radical (unpaired) electrons. The van der Waals surface area contributed by atoms with Gasteiger partial charge in [0.05, 0.1) is 24.8 Å². The van der Waals surface area contributed by atoms with E-state index < -0.39 is 0 Å². The topological polar surface area (TPSA) is 56.1 Å². The Morgan fingerprint density at radius 1 is 1.26 bits per heavy atom. The van der Waals surface area contributed by atoms with Gasteiger partial charge in [0.25, 0.3) is 0 Å². The molecular formula is C20H20ClN3O2S. The molecule has 140 valence electrons. The number of carbonyl (C=O) groups excluding carboxylic acids is 1. The van der Waals surface area contributed by atoms with Crippen LogP contribution in [-0.4, -0.2) is 28.3 Å². The quantitative estimate of drug-likeness (QED) is 0.603. The van der Waals surface area contributed by atoms with Gasteiger partial charge in [-0.3, -0.25) is 4.79 Å². The predicted octanol–water partition coefficient (Wildman–Crippen LogP) is 4.79. The number of aromatic nitrogens is 2. The summed E-state index contributed by atoms with van der Waals surface area (Å²) in [6.45, 7) is 1.88. The van der Waals surface area contributed by atoms with Crippen LogP contribution in [0, 0.1) is 6.92 Å². The summed E-state index contributed by atoms with van der Waals surface area (Å²) in [5.41, 5.74) is 3.60. The number of ether oxygens (including phenoxy) is 1. The lowest BCUT2D eigenvalue weighted by molar-refractivity contribution is -0.113. The minimum atomic E-state index is -0.0978. The maximum absolute atomic E-state index is 12.3. The number of hydrogen-bond acceptors (Lipinski definition) is 4. The summed E-state index contributed by atoms with van der Waals surface area (Å²) in [6, 6.07) is 13.3. The van der Waals surface area contributed by atoms with Gasteiger partial charge in [0.1, 0.15) is 5.75 Å². The van der Waals surface area contributed by atoms with Crippen molar-refractivity contribution < 1.29 is 9.53 Å². The summed E-state index contributed by atoms with van der Waals surface area (Å²) in [6.07, 6.45) is 1.81. The van der Waals surface area contributed by atoms with E-state index in [1.165, 1.54) is 11.8 Å². The number of anilines is 1. The summed E-state index contributed by atoms with van der Waals surface area (Å²) in [7, 11) is 3.58. The van der Waals surface area contributed by atoms with E-state index in [0.717, 1.165) is 33.4 Å². The molecule has 1 N–H and O–H groups in total. The molecule has 1 amide bonds. The molecule has 1 aromatic heterocycles. The van der Waals surface area contributed by atoms with Crippen LogP contribution in [0.4, 0.5) is 5.69 Å². The Kier molecular flexibility index (Phi) is 6.08. The van der Waals surface area contributed by atoms with Crippen LogP contribution in [0.2, 0.25) is 5.02 Å². The van der Waals surface area contributed by atoms with E-state index in [0.29, 0.717) is 5.02 Å². The number of hydrogen-bond donors (Lipinski definition) is 1. The fourth-order valence-corrected chi connectivity index (χ4v) is 3.54. The normalized spacial score (nSPS) is 10.7. The van der Waals surface area contributed by atoms with Crippen molar-refractivity contribution in [2.24, 2.45) is 7.05 Å². The van der Waals surface area contributed by atoms with Crippen LogP contribution in [0.1, 0.15) is 5.56 Å². The molecule has 7 heteroatoms. The Morgan fingerprint density at radius 2 is 2.00 bits per heavy atom. The Morgan fingerprint density at radius 3 is 2.70 bits per heavy atom. The van der Waals surface area contributed by atoms with Crippen molar-refractivity contribution in [1.29, 1.82) is 0 Å². The average Bonchev–Trinajstić information content (AvgIpc) is 3.04. The molecule has 0 saturated heterocycles. The number of thioether (sulfide) groups is 1. The number of methoxy groups -OCH3 is 1. The van der Waals surface area contributed by atoms with E-state index in [-0.39, 0.29) is 11.7 Å². The van der Waals surface area contributed by atoms with Crippen molar-refractivity contribution >= 4 is 35.0 Å². The Labute approximate surface area is 167 Å². The van der Waals surface area contributed by atoms with Gasteiger partial charge in [0, 0.05) is 23.3 Å². The molecule has 0 aliphatic rings. The van der Waals surface area contributed by atoms with Gasteiger partial charge in [0.15, 0.2) is 5.16 Å². The molecule has 0 spiro atoms. The van der Waals surface area contributed by atoms with Crippen molar-refractivity contribution in [1.82, 2.24) is 9.55 Å². The number of benzene rings is 2. The number of imidazole rings is 1. The fourth-order valence-electron chi connectivity index (χ4n) is 2.62. The molecule has 3 rings (SSSR count). The number of nitrogens with one attached hydrogen (secondary N) is 1. The molecule has 1 heterocycles. The standard InChI is InChI=1S/C20H20ClN3O2S/c1-13-16(21)5-4-6-17(13)23-19(25)12-27-20-22-11-18(24(20)2)14-7-9-15(26-3)10-8-14/h4-11H,12H2,1-3H3,(H,23,25). The van der Waals surface area contributed by atoms with Crippen molar-refractivity contribution in [2.75, 3.05) is 18.2 Å². The number of carbonyl (C=O) groups is 1. The Bertz CT molecular complexity index is 954. The van der Waals surface area contributed by atoms with E-state index in [4.69, 9.17) is 16.3 Å². The van der Waals surface area contributed by atoms with Crippen molar-refractivity contribution in [3.63, 3.8) is 0 Å². The molecule has 3 aromatic rings. The molecule has 27 heavy (non-hydrogen) atoms. The summed E-state index contributed by atoms with van der Waals surface area (Å²) in [5.74, 6) is 0.974. The molecule has 0 bridgehead atoms. The van der Waals surface area contributed by atoms with Gasteiger partial charge in [-0.05, 0) is 48.9 Å². The minimum absolute atomic E-state index is 0.0978. The molecule has 5 nitrogen and oxygen atoms in total. The first-order chi connectivity index (χ1) is 13.0. The lowest BCUT2D eigenvalue weighted by atomic mass is 10.1. The highest BCUT2D eigenvalue weighted by Gasteiger charge is 2.12. The zero-order valence-electron chi connectivity index (χ0n) is 15.3. The third-order valence-electron chi connectivity index (χ3n) is 4.21. The van der Waals surface area contributed by atoms with E-state index in [1.54, 1.807) is 13.2 Å². The second-order valence-electron chi connectivity index (χ2n) is 5.96. The molecule has 0 unspecified atom stereocenters. The molecule has 0 saturated carbocycles. The van der Waals surface area contributed by atoms with Gasteiger partial charge in [-0.1, -0.05) is 29.4 Å². The predicted molar refractivity (Wildman–Crippen MR) is 111 cm³/mol. The van der Waals surface area contributed by atoms with Crippen molar-refractivity contribution in [3.05, 3.63) is 59.2 Å². The summed E-state index contributed by atoms with van der Waals surface area (Å²) in [4.78, 5) is 16.7. The molecule has 0 aliphatic carbocycles. The van der Waals surface area contributed by atoms with Gasteiger partial charge < -0.3 is 14.6 Å². The van der Waals surface area contributed by atoms with E-state index in [1.807, 2.05) is 61.1 Å². The highest BCUT2D eigenvalue weighted by Crippen LogP contribution is 2.27. The lowest BCUT2D eigenvalue weighted by Gasteiger charge is -2.10. The SMILES string of the molecule is COc1ccc(-c2cnc(SCC(=O)Nc3cccc(Cl)c3C)n2C)cc1. The van der Waals surface area contributed by atoms with Crippen LogP contribution >= 0.6 is 23.4 Å². The lowest BCUT2D eigenvalue weighted by Crippen LogP contribution is -2.15. The maximum Gasteiger partial charge on any atom is 0.234 e. The molecular weight excluding hydrogens is 382 g/mol. The van der Waals surface area contributed by atoms with Gasteiger partial charge in [0.2, 0.25) is 5.91 Å². The van der Waals surface area contributed by atoms with Gasteiger partial charge in [-0.2, -0.15) is 0 Å². The first-order valence-corrected chi connectivity index (χ1v) is 9.70. The van der Waals surface area contributed by atoms with Crippen molar-refractivity contribution in [3.8, 4) is 17.0 Å². The number of amides is 1. The zero-order valence-corrected chi connectivity index (χ0v) is 16.9. The summed E-state index contributed by atoms with van der Waals surface area (Å²) < 4.78 is 7.17. The van der Waals surface area contributed by atoms with Crippen LogP contribution in [0.5, 0.6) is 5.75 Å². The number of halogens is 1. The molecule has 0 atom stereocenters. The first-order valence-electron chi connectivity index (χ1n) is 8.33. The van der Waals surface area contributed by atoms with Crippen LogP contribution in [0.3, 0.4) is 0 Å². The number of nitrogens with zero attached hydrogens (tertiary/aromatic N) is 2. The van der Waals surface area contributed by atoms with Gasteiger partial charge in [-0.25, -0.2) is 4.98 Å². The summed E-state index contributed by atoms with van der Waals surface area (Å²) >= 11 is 7.48. The zero-order chi connectivity index (χ0) is 19.4. The molecule has 0 fully saturated rings. The van der Waals surface area contributed by atoms with Gasteiger partial charge in [-0.15, -0.1) is 0 Å². The second-order valence-corrected chi connectivity index (χ2v) is 7.31. The highest BCUT2D eigenvalue weighted by molar-refractivity contribution is 7.99. The fraction of sp³-hybridized carbons (Fsp3) is 0.200. The van der Waals surface area contributed by atoms with E-state index in [2.05, 4.69) is 10.3 Å². The van der Waals surface area contributed by atoms with Crippen LogP contribution in [0.15, 0.2) is 53.8 Å². The minimum Gasteiger partial charge on any atom is -0.497 e. The van der Waals surface area contributed by atoms with Crippen LogP contribution < -0.4 is 10.1 Å². The maximum atomic E-state index is 12.3. The van der Waals surface area contributed by atoms with E-state index >= 15 is 0 Å². The average molecular weight is 402 g/mol. The van der Waals surface area contributed by atoms with Crippen molar-refractivity contribution in [2.45, 2.75) is 12.1 Å². The first kappa shape index (κ1) is 19.3. The molecule has 0 aliphatic heterocycles. The van der Waals surface area contributed by atoms with E-state index in [9.17, 15) is 4.79 Å². The smallest absolute Gasteiger partial charge is 0.234 e. The largest absolute Gasteiger partial charge is 0.497 e. The monoisotopic (exact) mass is 401 g/mol. The Balaban J connectivity index is 1.65. The van der Waals surface area contributed by atoms with Crippen LogP contribution in [-0.2, 0) is 11.8 Å². The highest BCUT2D eigenvalue weighted by atomic mass is 35.5. The van der Waals surface area contributed by atoms with Crippen LogP contribution in [0.25, 0.3) is 11.3 Å². The second kappa shape index (κ2) is 8.50. The number of rotatable bonds is 6. The van der Waals surface area contributed by atoms with Gasteiger partial charge >= 0.3 is 0 Å².